The van der Waals surface area contributed by atoms with E-state index >= 15 is 0 Å². The molecule has 0 radical (unpaired) electrons. The maximum atomic E-state index is 12.4. The lowest BCUT2D eigenvalue weighted by Gasteiger charge is -2.30. The summed E-state index contributed by atoms with van der Waals surface area (Å²) in [5.74, 6) is -0.0991. The van der Waals surface area contributed by atoms with Gasteiger partial charge in [-0.2, -0.15) is 4.31 Å². The van der Waals surface area contributed by atoms with Gasteiger partial charge in [0.1, 0.15) is 5.78 Å². The van der Waals surface area contributed by atoms with E-state index in [1.807, 2.05) is 0 Å². The van der Waals surface area contributed by atoms with Crippen LogP contribution in [-0.4, -0.2) is 36.6 Å². The minimum atomic E-state index is -3.47. The summed E-state index contributed by atoms with van der Waals surface area (Å²) in [6.07, 6.45) is 2.91. The van der Waals surface area contributed by atoms with E-state index in [1.165, 1.54) is 28.8 Å². The molecular formula is C11H16N2O3S2. The van der Waals surface area contributed by atoms with Crippen molar-refractivity contribution in [3.63, 3.8) is 0 Å². The molecule has 1 unspecified atom stereocenters. The van der Waals surface area contributed by atoms with E-state index in [0.29, 0.717) is 13.1 Å². The standard InChI is InChI=1S/C11H16N2O3S2/c1-8(14)10-4-3-5-13(7-10)18(15,16)11-6-12-9(2)17-11/h6,10H,3-5,7H2,1-2H3. The third kappa shape index (κ3) is 2.62. The lowest BCUT2D eigenvalue weighted by molar-refractivity contribution is -0.121. The van der Waals surface area contributed by atoms with Crippen LogP contribution in [0.4, 0.5) is 0 Å². The molecule has 0 N–H and O–H groups in total. The lowest BCUT2D eigenvalue weighted by atomic mass is 9.96. The van der Waals surface area contributed by atoms with Gasteiger partial charge in [0, 0.05) is 19.0 Å². The first-order valence-electron chi connectivity index (χ1n) is 5.84. The monoisotopic (exact) mass is 288 g/mol. The van der Waals surface area contributed by atoms with Gasteiger partial charge in [-0.3, -0.25) is 4.79 Å². The number of aryl methyl sites for hydroxylation is 1. The molecule has 100 valence electrons. The van der Waals surface area contributed by atoms with Crippen molar-refractivity contribution in [1.29, 1.82) is 0 Å². The van der Waals surface area contributed by atoms with E-state index in [4.69, 9.17) is 0 Å². The molecule has 1 saturated heterocycles. The number of nitrogens with zero attached hydrogens (tertiary/aromatic N) is 2. The van der Waals surface area contributed by atoms with Crippen molar-refractivity contribution in [1.82, 2.24) is 9.29 Å². The highest BCUT2D eigenvalue weighted by molar-refractivity contribution is 7.91. The average molecular weight is 288 g/mol. The molecule has 2 rings (SSSR count). The minimum Gasteiger partial charge on any atom is -0.300 e. The third-order valence-corrected chi connectivity index (χ3v) is 6.37. The van der Waals surface area contributed by atoms with Gasteiger partial charge in [0.05, 0.1) is 11.2 Å². The Morgan fingerprint density at radius 1 is 1.56 bits per heavy atom. The van der Waals surface area contributed by atoms with Crippen molar-refractivity contribution >= 4 is 27.1 Å². The number of piperidine rings is 1. The number of thiazole rings is 1. The first-order valence-corrected chi connectivity index (χ1v) is 8.10. The van der Waals surface area contributed by atoms with Crippen LogP contribution in [0.2, 0.25) is 0 Å². The normalized spacial score (nSPS) is 22.0. The topological polar surface area (TPSA) is 67.3 Å². The molecule has 1 aliphatic rings. The van der Waals surface area contributed by atoms with Gasteiger partial charge in [-0.15, -0.1) is 11.3 Å². The van der Waals surface area contributed by atoms with Gasteiger partial charge in [0.25, 0.3) is 10.0 Å². The van der Waals surface area contributed by atoms with E-state index in [1.54, 1.807) is 6.92 Å². The van der Waals surface area contributed by atoms with E-state index in [-0.39, 0.29) is 15.9 Å². The third-order valence-electron chi connectivity index (χ3n) is 3.15. The molecule has 5 nitrogen and oxygen atoms in total. The van der Waals surface area contributed by atoms with Crippen molar-refractivity contribution in [3.8, 4) is 0 Å². The van der Waals surface area contributed by atoms with Crippen molar-refractivity contribution in [2.75, 3.05) is 13.1 Å². The molecule has 0 aliphatic carbocycles. The quantitative estimate of drug-likeness (QED) is 0.844. The van der Waals surface area contributed by atoms with Crippen LogP contribution in [0, 0.1) is 12.8 Å². The predicted molar refractivity (Wildman–Crippen MR) is 69.0 cm³/mol. The van der Waals surface area contributed by atoms with Crippen molar-refractivity contribution in [3.05, 3.63) is 11.2 Å². The number of hydrogen-bond donors (Lipinski definition) is 0. The summed E-state index contributed by atoms with van der Waals surface area (Å²) in [4.78, 5) is 15.4. The lowest BCUT2D eigenvalue weighted by Crippen LogP contribution is -2.41. The van der Waals surface area contributed by atoms with E-state index in [0.717, 1.165) is 17.8 Å². The average Bonchev–Trinajstić information content (AvgIpc) is 2.77. The Morgan fingerprint density at radius 3 is 2.83 bits per heavy atom. The number of sulfonamides is 1. The largest absolute Gasteiger partial charge is 0.300 e. The van der Waals surface area contributed by atoms with Crippen molar-refractivity contribution in [2.45, 2.75) is 30.9 Å². The Bertz CT molecular complexity index is 550. The highest BCUT2D eigenvalue weighted by Crippen LogP contribution is 2.27. The van der Waals surface area contributed by atoms with Crippen LogP contribution < -0.4 is 0 Å². The van der Waals surface area contributed by atoms with E-state index < -0.39 is 10.0 Å². The van der Waals surface area contributed by atoms with Crippen LogP contribution in [0.1, 0.15) is 24.8 Å². The molecular weight excluding hydrogens is 272 g/mol. The van der Waals surface area contributed by atoms with Crippen molar-refractivity contribution in [2.24, 2.45) is 5.92 Å². The second-order valence-electron chi connectivity index (χ2n) is 4.51. The number of aromatic nitrogens is 1. The summed E-state index contributed by atoms with van der Waals surface area (Å²) in [6.45, 7) is 4.09. The zero-order valence-electron chi connectivity index (χ0n) is 10.4. The molecule has 0 amide bonds. The molecule has 1 fully saturated rings. The first-order chi connectivity index (χ1) is 8.41. The summed E-state index contributed by atoms with van der Waals surface area (Å²) in [7, 11) is -3.47. The molecule has 1 aromatic heterocycles. The van der Waals surface area contributed by atoms with Crippen LogP contribution in [0.5, 0.6) is 0 Å². The fourth-order valence-electron chi connectivity index (χ4n) is 2.08. The Morgan fingerprint density at radius 2 is 2.28 bits per heavy atom. The summed E-state index contributed by atoms with van der Waals surface area (Å²) >= 11 is 1.17. The fourth-order valence-corrected chi connectivity index (χ4v) is 4.87. The van der Waals surface area contributed by atoms with Crippen LogP contribution in [-0.2, 0) is 14.8 Å². The molecule has 0 spiro atoms. The van der Waals surface area contributed by atoms with Crippen LogP contribution in [0.25, 0.3) is 0 Å². The maximum Gasteiger partial charge on any atom is 0.254 e. The maximum absolute atomic E-state index is 12.4. The minimum absolute atomic E-state index is 0.0652. The van der Waals surface area contributed by atoms with Gasteiger partial charge in [-0.1, -0.05) is 0 Å². The number of hydrogen-bond acceptors (Lipinski definition) is 5. The van der Waals surface area contributed by atoms with Gasteiger partial charge in [-0.05, 0) is 26.7 Å². The second kappa shape index (κ2) is 5.07. The summed E-state index contributed by atoms with van der Waals surface area (Å²) in [5.41, 5.74) is 0. The SMILES string of the molecule is CC(=O)C1CCCN(S(=O)(=O)c2cnc(C)s2)C1. The molecule has 1 aliphatic heterocycles. The summed E-state index contributed by atoms with van der Waals surface area (Å²) in [5, 5.41) is 0.730. The first kappa shape index (κ1) is 13.6. The summed E-state index contributed by atoms with van der Waals surface area (Å²) in [6, 6.07) is 0. The Hall–Kier alpha value is -0.790. The van der Waals surface area contributed by atoms with Crippen LogP contribution >= 0.6 is 11.3 Å². The zero-order valence-corrected chi connectivity index (χ0v) is 12.1. The molecule has 2 heterocycles. The number of carbonyl (C=O) groups is 1. The molecule has 1 atom stereocenters. The van der Waals surface area contributed by atoms with Crippen molar-refractivity contribution < 1.29 is 13.2 Å². The Labute approximate surface area is 111 Å². The highest BCUT2D eigenvalue weighted by Gasteiger charge is 2.32. The van der Waals surface area contributed by atoms with Gasteiger partial charge in [0.2, 0.25) is 0 Å². The highest BCUT2D eigenvalue weighted by atomic mass is 32.2. The number of ketones is 1. The predicted octanol–water partition coefficient (Wildman–Crippen LogP) is 1.44. The zero-order chi connectivity index (χ0) is 13.3. The van der Waals surface area contributed by atoms with Gasteiger partial charge in [-0.25, -0.2) is 13.4 Å². The van der Waals surface area contributed by atoms with Crippen LogP contribution in [0.15, 0.2) is 10.4 Å². The number of Topliss-reactive ketones (excluding diaryl/α,β-unsaturated/α-hetero) is 1. The molecule has 0 aromatic carbocycles. The molecule has 0 saturated carbocycles. The Balaban J connectivity index is 2.22. The smallest absolute Gasteiger partial charge is 0.254 e. The van der Waals surface area contributed by atoms with Crippen LogP contribution in [0.3, 0.4) is 0 Å². The number of carbonyl (C=O) groups excluding carboxylic acids is 1. The Kier molecular flexibility index (Phi) is 3.84. The van der Waals surface area contributed by atoms with Gasteiger partial charge >= 0.3 is 0 Å². The van der Waals surface area contributed by atoms with Gasteiger partial charge < -0.3 is 0 Å². The van der Waals surface area contributed by atoms with Gasteiger partial charge in [0.15, 0.2) is 4.21 Å². The van der Waals surface area contributed by atoms with E-state index in [2.05, 4.69) is 4.98 Å². The van der Waals surface area contributed by atoms with E-state index in [9.17, 15) is 13.2 Å². The second-order valence-corrected chi connectivity index (χ2v) is 7.91. The molecule has 0 bridgehead atoms. The fraction of sp³-hybridized carbons (Fsp3) is 0.636. The number of rotatable bonds is 3. The summed E-state index contributed by atoms with van der Waals surface area (Å²) < 4.78 is 26.4. The molecule has 7 heteroatoms. The molecule has 1 aromatic rings. The molecule has 18 heavy (non-hydrogen) atoms.